The normalized spacial score (nSPS) is 25.3. The molecular weight excluding hydrogens is 140 g/mol. The molecule has 1 amide bonds. The standard InChI is InChI=1S/C8H16N2O/c1-2-8(11)10-5-3-4-7(9)6-10/h7H,2-6,9H2,1H3/t7-/m0/s1. The maximum atomic E-state index is 11.2. The predicted octanol–water partition coefficient (Wildman–Crippen LogP) is 0.346. The Hall–Kier alpha value is -0.570. The lowest BCUT2D eigenvalue weighted by Gasteiger charge is -2.30. The molecule has 1 aliphatic heterocycles. The number of hydrogen-bond donors (Lipinski definition) is 1. The van der Waals surface area contributed by atoms with Gasteiger partial charge < -0.3 is 10.6 Å². The van der Waals surface area contributed by atoms with Crippen molar-refractivity contribution in [3.8, 4) is 0 Å². The van der Waals surface area contributed by atoms with Crippen molar-refractivity contribution in [2.45, 2.75) is 32.2 Å². The number of piperidine rings is 1. The number of likely N-dealkylation sites (tertiary alicyclic amines) is 1. The Bertz CT molecular complexity index is 147. The highest BCUT2D eigenvalue weighted by molar-refractivity contribution is 5.75. The van der Waals surface area contributed by atoms with Gasteiger partial charge in [0.25, 0.3) is 0 Å². The Morgan fingerprint density at radius 1 is 1.73 bits per heavy atom. The predicted molar refractivity (Wildman–Crippen MR) is 44.1 cm³/mol. The van der Waals surface area contributed by atoms with Crippen LogP contribution in [-0.4, -0.2) is 29.9 Å². The summed E-state index contributed by atoms with van der Waals surface area (Å²) < 4.78 is 0. The van der Waals surface area contributed by atoms with E-state index in [4.69, 9.17) is 5.73 Å². The average molecular weight is 156 g/mol. The number of carbonyl (C=O) groups is 1. The van der Waals surface area contributed by atoms with Crippen LogP contribution in [0, 0.1) is 0 Å². The zero-order chi connectivity index (χ0) is 8.27. The summed E-state index contributed by atoms with van der Waals surface area (Å²) in [6.07, 6.45) is 2.73. The van der Waals surface area contributed by atoms with E-state index in [0.29, 0.717) is 6.42 Å². The van der Waals surface area contributed by atoms with Gasteiger partial charge in [-0.05, 0) is 12.8 Å². The van der Waals surface area contributed by atoms with Gasteiger partial charge in [0.05, 0.1) is 0 Å². The first-order chi connectivity index (χ1) is 5.24. The van der Waals surface area contributed by atoms with Crippen LogP contribution in [0.15, 0.2) is 0 Å². The molecule has 0 unspecified atom stereocenters. The van der Waals surface area contributed by atoms with E-state index >= 15 is 0 Å². The summed E-state index contributed by atoms with van der Waals surface area (Å²) in [5, 5.41) is 0. The van der Waals surface area contributed by atoms with Crippen LogP contribution in [0.5, 0.6) is 0 Å². The van der Waals surface area contributed by atoms with Crippen molar-refractivity contribution in [1.29, 1.82) is 0 Å². The van der Waals surface area contributed by atoms with E-state index in [1.165, 1.54) is 0 Å². The van der Waals surface area contributed by atoms with E-state index in [2.05, 4.69) is 0 Å². The fourth-order valence-corrected chi connectivity index (χ4v) is 1.46. The van der Waals surface area contributed by atoms with Crippen molar-refractivity contribution in [3.63, 3.8) is 0 Å². The van der Waals surface area contributed by atoms with Gasteiger partial charge in [0.1, 0.15) is 0 Å². The van der Waals surface area contributed by atoms with Crippen molar-refractivity contribution in [2.75, 3.05) is 13.1 Å². The van der Waals surface area contributed by atoms with E-state index in [0.717, 1.165) is 25.9 Å². The van der Waals surface area contributed by atoms with Gasteiger partial charge in [-0.25, -0.2) is 0 Å². The molecule has 1 fully saturated rings. The number of rotatable bonds is 1. The maximum Gasteiger partial charge on any atom is 0.222 e. The molecule has 0 bridgehead atoms. The molecule has 11 heavy (non-hydrogen) atoms. The van der Waals surface area contributed by atoms with Crippen molar-refractivity contribution in [2.24, 2.45) is 5.73 Å². The molecule has 3 nitrogen and oxygen atoms in total. The summed E-state index contributed by atoms with van der Waals surface area (Å²) in [5.41, 5.74) is 5.72. The van der Waals surface area contributed by atoms with Gasteiger partial charge in [-0.3, -0.25) is 4.79 Å². The van der Waals surface area contributed by atoms with E-state index in [1.807, 2.05) is 11.8 Å². The first kappa shape index (κ1) is 8.53. The highest BCUT2D eigenvalue weighted by Crippen LogP contribution is 2.08. The molecule has 0 aromatic rings. The molecule has 1 rings (SSSR count). The summed E-state index contributed by atoms with van der Waals surface area (Å²) in [6, 6.07) is 0.208. The third-order valence-corrected chi connectivity index (χ3v) is 2.11. The number of nitrogens with zero attached hydrogens (tertiary/aromatic N) is 1. The largest absolute Gasteiger partial charge is 0.341 e. The van der Waals surface area contributed by atoms with Crippen LogP contribution in [-0.2, 0) is 4.79 Å². The van der Waals surface area contributed by atoms with Crippen LogP contribution >= 0.6 is 0 Å². The summed E-state index contributed by atoms with van der Waals surface area (Å²) >= 11 is 0. The van der Waals surface area contributed by atoms with Crippen LogP contribution in [0.4, 0.5) is 0 Å². The van der Waals surface area contributed by atoms with Gasteiger partial charge >= 0.3 is 0 Å². The Morgan fingerprint density at radius 3 is 3.00 bits per heavy atom. The fourth-order valence-electron chi connectivity index (χ4n) is 1.46. The molecule has 1 saturated heterocycles. The summed E-state index contributed by atoms with van der Waals surface area (Å²) in [5.74, 6) is 0.236. The Labute approximate surface area is 67.5 Å². The number of hydrogen-bond acceptors (Lipinski definition) is 2. The molecule has 0 saturated carbocycles. The Balaban J connectivity index is 2.39. The lowest BCUT2D eigenvalue weighted by atomic mass is 10.1. The number of amides is 1. The van der Waals surface area contributed by atoms with Crippen LogP contribution in [0.1, 0.15) is 26.2 Å². The summed E-state index contributed by atoms with van der Waals surface area (Å²) in [4.78, 5) is 13.1. The third kappa shape index (κ3) is 2.19. The minimum Gasteiger partial charge on any atom is -0.341 e. The lowest BCUT2D eigenvalue weighted by molar-refractivity contribution is -0.132. The second kappa shape index (κ2) is 3.72. The highest BCUT2D eigenvalue weighted by atomic mass is 16.2. The van der Waals surface area contributed by atoms with E-state index in [9.17, 15) is 4.79 Å². The summed E-state index contributed by atoms with van der Waals surface area (Å²) in [7, 11) is 0. The molecule has 64 valence electrons. The van der Waals surface area contributed by atoms with Gasteiger partial charge in [0.15, 0.2) is 0 Å². The van der Waals surface area contributed by atoms with Crippen LogP contribution in [0.2, 0.25) is 0 Å². The van der Waals surface area contributed by atoms with Crippen LogP contribution in [0.3, 0.4) is 0 Å². The topological polar surface area (TPSA) is 46.3 Å². The van der Waals surface area contributed by atoms with Gasteiger partial charge in [-0.1, -0.05) is 6.92 Å². The molecule has 0 radical (unpaired) electrons. The quantitative estimate of drug-likeness (QED) is 0.595. The molecule has 3 heteroatoms. The van der Waals surface area contributed by atoms with Gasteiger partial charge in [0, 0.05) is 25.6 Å². The first-order valence-corrected chi connectivity index (χ1v) is 4.27. The van der Waals surface area contributed by atoms with E-state index < -0.39 is 0 Å². The number of carbonyl (C=O) groups excluding carboxylic acids is 1. The van der Waals surface area contributed by atoms with Gasteiger partial charge in [-0.15, -0.1) is 0 Å². The van der Waals surface area contributed by atoms with Crippen molar-refractivity contribution in [3.05, 3.63) is 0 Å². The van der Waals surface area contributed by atoms with Crippen LogP contribution in [0.25, 0.3) is 0 Å². The Morgan fingerprint density at radius 2 is 2.45 bits per heavy atom. The molecule has 1 aliphatic rings. The minimum atomic E-state index is 0.208. The van der Waals surface area contributed by atoms with Crippen molar-refractivity contribution >= 4 is 5.91 Å². The first-order valence-electron chi connectivity index (χ1n) is 4.27. The second-order valence-electron chi connectivity index (χ2n) is 3.10. The zero-order valence-corrected chi connectivity index (χ0v) is 7.05. The second-order valence-corrected chi connectivity index (χ2v) is 3.10. The van der Waals surface area contributed by atoms with Gasteiger partial charge in [-0.2, -0.15) is 0 Å². The molecule has 1 heterocycles. The molecular formula is C8H16N2O. The van der Waals surface area contributed by atoms with Crippen molar-refractivity contribution < 1.29 is 4.79 Å². The maximum absolute atomic E-state index is 11.2. The SMILES string of the molecule is CCC(=O)N1CCC[C@H](N)C1. The van der Waals surface area contributed by atoms with Crippen LogP contribution < -0.4 is 5.73 Å². The summed E-state index contributed by atoms with van der Waals surface area (Å²) in [6.45, 7) is 3.55. The zero-order valence-electron chi connectivity index (χ0n) is 7.05. The van der Waals surface area contributed by atoms with Crippen molar-refractivity contribution in [1.82, 2.24) is 4.90 Å². The highest BCUT2D eigenvalue weighted by Gasteiger charge is 2.19. The Kier molecular flexibility index (Phi) is 2.88. The van der Waals surface area contributed by atoms with Gasteiger partial charge in [0.2, 0.25) is 5.91 Å². The average Bonchev–Trinajstić information content (AvgIpc) is 2.03. The lowest BCUT2D eigenvalue weighted by Crippen LogP contribution is -2.45. The molecule has 0 spiro atoms. The molecule has 0 aliphatic carbocycles. The third-order valence-electron chi connectivity index (χ3n) is 2.11. The molecule has 2 N–H and O–H groups in total. The molecule has 0 aromatic carbocycles. The number of nitrogens with two attached hydrogens (primary N) is 1. The van der Waals surface area contributed by atoms with E-state index in [1.54, 1.807) is 0 Å². The monoisotopic (exact) mass is 156 g/mol. The van der Waals surface area contributed by atoms with E-state index in [-0.39, 0.29) is 11.9 Å². The minimum absolute atomic E-state index is 0.208. The molecule has 0 aromatic heterocycles. The fraction of sp³-hybridized carbons (Fsp3) is 0.875. The molecule has 1 atom stereocenters. The smallest absolute Gasteiger partial charge is 0.222 e.